The Balaban J connectivity index is 2.52. The van der Waals surface area contributed by atoms with Crippen molar-refractivity contribution in [3.8, 4) is 0 Å². The number of nitrogens with zero attached hydrogens (tertiary/aromatic N) is 1. The van der Waals surface area contributed by atoms with Crippen LogP contribution in [0.3, 0.4) is 0 Å². The van der Waals surface area contributed by atoms with Gasteiger partial charge in [0.15, 0.2) is 0 Å². The second-order valence-electron chi connectivity index (χ2n) is 5.01. The van der Waals surface area contributed by atoms with Crippen molar-refractivity contribution in [2.45, 2.75) is 13.3 Å². The highest BCUT2D eigenvalue weighted by Gasteiger charge is 2.07. The number of carbonyl (C=O) groups excluding carboxylic acids is 1. The Kier molecular flexibility index (Phi) is 6.61. The quantitative estimate of drug-likeness (QED) is 0.756. The van der Waals surface area contributed by atoms with Crippen molar-refractivity contribution in [3.05, 3.63) is 23.2 Å². The van der Waals surface area contributed by atoms with Gasteiger partial charge in [0.05, 0.1) is 10.7 Å². The van der Waals surface area contributed by atoms with Crippen molar-refractivity contribution in [2.24, 2.45) is 5.92 Å². The first-order valence-electron chi connectivity index (χ1n) is 6.56. The van der Waals surface area contributed by atoms with Crippen molar-refractivity contribution in [3.63, 3.8) is 0 Å². The third-order valence-corrected chi connectivity index (χ3v) is 3.22. The number of anilines is 2. The van der Waals surface area contributed by atoms with E-state index in [1.807, 2.05) is 32.0 Å². The molecule has 0 spiro atoms. The Bertz CT molecular complexity index is 452. The Hall–Kier alpha value is -1.46. The maximum absolute atomic E-state index is 11.7. The number of aliphatic hydroxyl groups is 1. The van der Waals surface area contributed by atoms with E-state index in [1.165, 1.54) is 0 Å². The van der Waals surface area contributed by atoms with Gasteiger partial charge in [-0.25, -0.2) is 4.79 Å². The maximum Gasteiger partial charge on any atom is 0.319 e. The zero-order valence-electron chi connectivity index (χ0n) is 12.1. The average Bonchev–Trinajstić information content (AvgIpc) is 2.36. The summed E-state index contributed by atoms with van der Waals surface area (Å²) in [6, 6.07) is 5.10. The van der Waals surface area contributed by atoms with Crippen molar-refractivity contribution >= 4 is 29.0 Å². The van der Waals surface area contributed by atoms with E-state index in [-0.39, 0.29) is 18.6 Å². The molecule has 3 N–H and O–H groups in total. The molecule has 0 aromatic heterocycles. The van der Waals surface area contributed by atoms with E-state index in [0.717, 1.165) is 5.69 Å². The van der Waals surface area contributed by atoms with Gasteiger partial charge in [0.1, 0.15) is 0 Å². The Morgan fingerprint density at radius 2 is 2.15 bits per heavy atom. The summed E-state index contributed by atoms with van der Waals surface area (Å²) in [4.78, 5) is 13.6. The van der Waals surface area contributed by atoms with E-state index in [1.54, 1.807) is 12.1 Å². The lowest BCUT2D eigenvalue weighted by molar-refractivity contribution is 0.243. The number of benzene rings is 1. The smallest absolute Gasteiger partial charge is 0.319 e. The first kappa shape index (κ1) is 16.6. The standard InChI is InChI=1S/C14H22ClN3O2/c1-10(6-7-19)9-16-14(20)17-11-4-5-13(18(2)3)12(15)8-11/h4-5,8,10,19H,6-7,9H2,1-3H3,(H2,16,17,20). The number of rotatable bonds is 6. The summed E-state index contributed by atoms with van der Waals surface area (Å²) < 4.78 is 0. The van der Waals surface area contributed by atoms with Crippen LogP contribution in [0.2, 0.25) is 5.02 Å². The molecule has 112 valence electrons. The molecule has 1 atom stereocenters. The number of halogens is 1. The van der Waals surface area contributed by atoms with Crippen LogP contribution in [0, 0.1) is 5.92 Å². The van der Waals surface area contributed by atoms with Crippen LogP contribution >= 0.6 is 11.6 Å². The fourth-order valence-electron chi connectivity index (χ4n) is 1.71. The number of aliphatic hydroxyl groups excluding tert-OH is 1. The molecule has 0 fully saturated rings. The predicted molar refractivity (Wildman–Crippen MR) is 83.7 cm³/mol. The molecule has 1 aromatic carbocycles. The molecule has 5 nitrogen and oxygen atoms in total. The number of hydrogen-bond donors (Lipinski definition) is 3. The molecule has 1 rings (SSSR count). The molecule has 0 aliphatic heterocycles. The third-order valence-electron chi connectivity index (χ3n) is 2.92. The van der Waals surface area contributed by atoms with Crippen LogP contribution in [-0.2, 0) is 0 Å². The molecule has 0 saturated heterocycles. The minimum absolute atomic E-state index is 0.131. The summed E-state index contributed by atoms with van der Waals surface area (Å²) in [5, 5.41) is 14.9. The van der Waals surface area contributed by atoms with Gasteiger partial charge in [0, 0.05) is 32.9 Å². The molecular formula is C14H22ClN3O2. The summed E-state index contributed by atoms with van der Waals surface area (Å²) in [5.41, 5.74) is 1.54. The molecule has 1 unspecified atom stereocenters. The number of carbonyl (C=O) groups is 1. The molecule has 1 aromatic rings. The highest BCUT2D eigenvalue weighted by atomic mass is 35.5. The first-order chi connectivity index (χ1) is 9.43. The van der Waals surface area contributed by atoms with Crippen molar-refractivity contribution in [2.75, 3.05) is 37.5 Å². The van der Waals surface area contributed by atoms with E-state index >= 15 is 0 Å². The second-order valence-corrected chi connectivity index (χ2v) is 5.42. The average molecular weight is 300 g/mol. The van der Waals surface area contributed by atoms with Crippen LogP contribution < -0.4 is 15.5 Å². The largest absolute Gasteiger partial charge is 0.396 e. The Labute approximate surface area is 124 Å². The van der Waals surface area contributed by atoms with Gasteiger partial charge in [-0.2, -0.15) is 0 Å². The first-order valence-corrected chi connectivity index (χ1v) is 6.94. The third kappa shape index (κ3) is 5.27. The van der Waals surface area contributed by atoms with Gasteiger partial charge in [0.2, 0.25) is 0 Å². The number of amides is 2. The molecule has 6 heteroatoms. The number of nitrogens with one attached hydrogen (secondary N) is 2. The zero-order chi connectivity index (χ0) is 15.1. The molecule has 0 radical (unpaired) electrons. The topological polar surface area (TPSA) is 64.6 Å². The molecule has 0 aliphatic rings. The minimum Gasteiger partial charge on any atom is -0.396 e. The van der Waals surface area contributed by atoms with Gasteiger partial charge in [0.25, 0.3) is 0 Å². The summed E-state index contributed by atoms with van der Waals surface area (Å²) in [7, 11) is 3.81. The fourth-order valence-corrected chi connectivity index (χ4v) is 2.06. The summed E-state index contributed by atoms with van der Waals surface area (Å²) >= 11 is 6.14. The minimum atomic E-state index is -0.275. The highest BCUT2D eigenvalue weighted by Crippen LogP contribution is 2.27. The van der Waals surface area contributed by atoms with Gasteiger partial charge in [-0.15, -0.1) is 0 Å². The lowest BCUT2D eigenvalue weighted by Gasteiger charge is -2.16. The van der Waals surface area contributed by atoms with Crippen molar-refractivity contribution < 1.29 is 9.90 Å². The molecule has 0 heterocycles. The SMILES string of the molecule is CC(CCO)CNC(=O)Nc1ccc(N(C)C)c(Cl)c1. The highest BCUT2D eigenvalue weighted by molar-refractivity contribution is 6.33. The van der Waals surface area contributed by atoms with Crippen LogP contribution in [-0.4, -0.2) is 38.4 Å². The van der Waals surface area contributed by atoms with Crippen LogP contribution in [0.15, 0.2) is 18.2 Å². The van der Waals surface area contributed by atoms with Crippen LogP contribution in [0.5, 0.6) is 0 Å². The summed E-state index contributed by atoms with van der Waals surface area (Å²) in [6.07, 6.45) is 0.670. The Morgan fingerprint density at radius 1 is 1.45 bits per heavy atom. The number of hydrogen-bond acceptors (Lipinski definition) is 3. The van der Waals surface area contributed by atoms with E-state index in [4.69, 9.17) is 16.7 Å². The van der Waals surface area contributed by atoms with E-state index < -0.39 is 0 Å². The summed E-state index contributed by atoms with van der Waals surface area (Å²) in [5.74, 6) is 0.241. The summed E-state index contributed by atoms with van der Waals surface area (Å²) in [6.45, 7) is 2.63. The van der Waals surface area contributed by atoms with E-state index in [9.17, 15) is 4.79 Å². The molecule has 0 aliphatic carbocycles. The molecular weight excluding hydrogens is 278 g/mol. The monoisotopic (exact) mass is 299 g/mol. The normalized spacial score (nSPS) is 11.8. The zero-order valence-corrected chi connectivity index (χ0v) is 12.9. The molecule has 2 amide bonds. The van der Waals surface area contributed by atoms with Gasteiger partial charge < -0.3 is 20.6 Å². The number of urea groups is 1. The van der Waals surface area contributed by atoms with Crippen LogP contribution in [0.4, 0.5) is 16.2 Å². The van der Waals surface area contributed by atoms with Crippen LogP contribution in [0.25, 0.3) is 0 Å². The molecule has 0 bridgehead atoms. The van der Waals surface area contributed by atoms with Gasteiger partial charge in [-0.3, -0.25) is 0 Å². The Morgan fingerprint density at radius 3 is 2.70 bits per heavy atom. The lowest BCUT2D eigenvalue weighted by Crippen LogP contribution is -2.32. The lowest BCUT2D eigenvalue weighted by atomic mass is 10.1. The van der Waals surface area contributed by atoms with Gasteiger partial charge in [-0.05, 0) is 30.5 Å². The maximum atomic E-state index is 11.7. The van der Waals surface area contributed by atoms with Crippen molar-refractivity contribution in [1.82, 2.24) is 5.32 Å². The second kappa shape index (κ2) is 7.97. The molecule has 0 saturated carbocycles. The van der Waals surface area contributed by atoms with E-state index in [2.05, 4.69) is 10.6 Å². The van der Waals surface area contributed by atoms with Crippen LogP contribution in [0.1, 0.15) is 13.3 Å². The van der Waals surface area contributed by atoms with Crippen molar-refractivity contribution in [1.29, 1.82) is 0 Å². The van der Waals surface area contributed by atoms with Gasteiger partial charge in [-0.1, -0.05) is 18.5 Å². The molecule has 20 heavy (non-hydrogen) atoms. The fraction of sp³-hybridized carbons (Fsp3) is 0.500. The van der Waals surface area contributed by atoms with E-state index in [0.29, 0.717) is 23.7 Å². The predicted octanol–water partition coefficient (Wildman–Crippen LogP) is 2.55. The van der Waals surface area contributed by atoms with Gasteiger partial charge >= 0.3 is 6.03 Å².